The molecule has 2 aliphatic rings. The summed E-state index contributed by atoms with van der Waals surface area (Å²) < 4.78 is 2.20. The first kappa shape index (κ1) is 17.8. The first-order valence-electron chi connectivity index (χ1n) is 9.90. The average Bonchev–Trinajstić information content (AvgIpc) is 3.31. The van der Waals surface area contributed by atoms with Crippen LogP contribution in [0.25, 0.3) is 5.69 Å². The zero-order valence-electron chi connectivity index (χ0n) is 15.7. The molecule has 4 rings (SSSR count). The molecular formula is C22H26N4O. The number of benzene rings is 1. The van der Waals surface area contributed by atoms with Crippen molar-refractivity contribution in [2.24, 2.45) is 5.92 Å². The van der Waals surface area contributed by atoms with Gasteiger partial charge in [-0.1, -0.05) is 0 Å². The van der Waals surface area contributed by atoms with Crippen LogP contribution in [-0.2, 0) is 11.3 Å². The fourth-order valence-corrected chi connectivity index (χ4v) is 4.38. The molecule has 140 valence electrons. The lowest BCUT2D eigenvalue weighted by Gasteiger charge is -2.34. The van der Waals surface area contributed by atoms with Crippen molar-refractivity contribution in [3.63, 3.8) is 0 Å². The SMILES string of the molecule is N#Cc1ccc(-n2cccc2CN2CCC[C@H](CN3CCCC3=O)C2)cc1. The second-order valence-corrected chi connectivity index (χ2v) is 7.71. The van der Waals surface area contributed by atoms with E-state index in [1.165, 1.54) is 18.5 Å². The molecule has 2 saturated heterocycles. The largest absolute Gasteiger partial charge is 0.342 e. The molecule has 3 heterocycles. The maximum absolute atomic E-state index is 11.9. The van der Waals surface area contributed by atoms with Crippen LogP contribution in [0, 0.1) is 17.2 Å². The topological polar surface area (TPSA) is 52.3 Å². The lowest BCUT2D eigenvalue weighted by Crippen LogP contribution is -2.41. The van der Waals surface area contributed by atoms with Gasteiger partial charge in [0.25, 0.3) is 0 Å². The molecule has 0 spiro atoms. The van der Waals surface area contributed by atoms with Crippen LogP contribution in [0.1, 0.15) is 36.9 Å². The average molecular weight is 362 g/mol. The Bertz CT molecular complexity index is 833. The highest BCUT2D eigenvalue weighted by Gasteiger charge is 2.27. The molecule has 2 fully saturated rings. The zero-order valence-corrected chi connectivity index (χ0v) is 15.7. The highest BCUT2D eigenvalue weighted by atomic mass is 16.2. The number of likely N-dealkylation sites (tertiary alicyclic amines) is 2. The van der Waals surface area contributed by atoms with Crippen molar-refractivity contribution in [1.82, 2.24) is 14.4 Å². The summed E-state index contributed by atoms with van der Waals surface area (Å²) in [6.45, 7) is 4.95. The number of nitrogens with zero attached hydrogens (tertiary/aromatic N) is 4. The van der Waals surface area contributed by atoms with Crippen molar-refractivity contribution in [3.8, 4) is 11.8 Å². The molecule has 0 saturated carbocycles. The Labute approximate surface area is 160 Å². The van der Waals surface area contributed by atoms with Gasteiger partial charge in [0.2, 0.25) is 5.91 Å². The molecule has 0 bridgehead atoms. The van der Waals surface area contributed by atoms with Gasteiger partial charge in [0, 0.05) is 50.2 Å². The summed E-state index contributed by atoms with van der Waals surface area (Å²) in [7, 11) is 0. The molecule has 0 aliphatic carbocycles. The normalized spacial score (nSPS) is 20.8. The third-order valence-corrected chi connectivity index (χ3v) is 5.75. The lowest BCUT2D eigenvalue weighted by molar-refractivity contribution is -0.128. The molecule has 1 aromatic carbocycles. The van der Waals surface area contributed by atoms with E-state index in [-0.39, 0.29) is 0 Å². The number of carbonyl (C=O) groups is 1. The molecule has 27 heavy (non-hydrogen) atoms. The standard InChI is InChI=1S/C22H26N4O/c23-14-18-7-9-20(10-8-18)26-13-2-5-21(26)17-24-11-1-4-19(15-24)16-25-12-3-6-22(25)27/h2,5,7-10,13,19H,1,3-4,6,11-12,15-17H2/t19-/m0/s1. The molecule has 1 atom stereocenters. The van der Waals surface area contributed by atoms with E-state index < -0.39 is 0 Å². The number of hydrogen-bond donors (Lipinski definition) is 0. The van der Waals surface area contributed by atoms with Crippen LogP contribution >= 0.6 is 0 Å². The Morgan fingerprint density at radius 2 is 1.96 bits per heavy atom. The fourth-order valence-electron chi connectivity index (χ4n) is 4.38. The highest BCUT2D eigenvalue weighted by molar-refractivity contribution is 5.78. The Kier molecular flexibility index (Phi) is 5.26. The Balaban J connectivity index is 1.41. The van der Waals surface area contributed by atoms with Crippen LogP contribution in [-0.4, -0.2) is 46.5 Å². The highest BCUT2D eigenvalue weighted by Crippen LogP contribution is 2.23. The predicted molar refractivity (Wildman–Crippen MR) is 104 cm³/mol. The van der Waals surface area contributed by atoms with Crippen molar-refractivity contribution in [3.05, 3.63) is 53.9 Å². The van der Waals surface area contributed by atoms with Crippen LogP contribution in [0.3, 0.4) is 0 Å². The summed E-state index contributed by atoms with van der Waals surface area (Å²) in [6, 6.07) is 14.2. The van der Waals surface area contributed by atoms with Gasteiger partial charge in [-0.15, -0.1) is 0 Å². The zero-order chi connectivity index (χ0) is 18.6. The Morgan fingerprint density at radius 1 is 1.11 bits per heavy atom. The monoisotopic (exact) mass is 362 g/mol. The maximum Gasteiger partial charge on any atom is 0.222 e. The Hall–Kier alpha value is -2.58. The second-order valence-electron chi connectivity index (χ2n) is 7.71. The fraction of sp³-hybridized carbons (Fsp3) is 0.455. The van der Waals surface area contributed by atoms with Crippen molar-refractivity contribution in [2.75, 3.05) is 26.2 Å². The van der Waals surface area contributed by atoms with Gasteiger partial charge in [-0.05, 0) is 68.1 Å². The van der Waals surface area contributed by atoms with Gasteiger partial charge < -0.3 is 9.47 Å². The van der Waals surface area contributed by atoms with E-state index >= 15 is 0 Å². The number of nitriles is 1. The summed E-state index contributed by atoms with van der Waals surface area (Å²) in [5, 5.41) is 8.99. The molecule has 5 nitrogen and oxygen atoms in total. The number of rotatable bonds is 5. The Morgan fingerprint density at radius 3 is 2.70 bits per heavy atom. The number of hydrogen-bond acceptors (Lipinski definition) is 3. The molecule has 0 N–H and O–H groups in total. The van der Waals surface area contributed by atoms with Crippen molar-refractivity contribution >= 4 is 5.91 Å². The molecule has 2 aliphatic heterocycles. The van der Waals surface area contributed by atoms with Gasteiger partial charge in [0.15, 0.2) is 0 Å². The van der Waals surface area contributed by atoms with Crippen LogP contribution in [0.15, 0.2) is 42.6 Å². The van der Waals surface area contributed by atoms with Crippen LogP contribution in [0.4, 0.5) is 0 Å². The molecule has 0 unspecified atom stereocenters. The molecule has 1 aromatic heterocycles. The minimum absolute atomic E-state index is 0.335. The van der Waals surface area contributed by atoms with Crippen molar-refractivity contribution in [2.45, 2.75) is 32.2 Å². The van der Waals surface area contributed by atoms with Gasteiger partial charge in [-0.25, -0.2) is 0 Å². The number of piperidine rings is 1. The van der Waals surface area contributed by atoms with Gasteiger partial charge in [0.05, 0.1) is 11.6 Å². The summed E-state index contributed by atoms with van der Waals surface area (Å²) in [4.78, 5) is 16.5. The van der Waals surface area contributed by atoms with E-state index in [9.17, 15) is 4.79 Å². The third-order valence-electron chi connectivity index (χ3n) is 5.75. The quantitative estimate of drug-likeness (QED) is 0.821. The second kappa shape index (κ2) is 7.98. The minimum Gasteiger partial charge on any atom is -0.342 e. The number of carbonyl (C=O) groups excluding carboxylic acids is 1. The van der Waals surface area contributed by atoms with Crippen molar-refractivity contribution < 1.29 is 4.79 Å². The van der Waals surface area contributed by atoms with Crippen molar-refractivity contribution in [1.29, 1.82) is 5.26 Å². The molecule has 2 aromatic rings. The lowest BCUT2D eigenvalue weighted by atomic mass is 9.97. The van der Waals surface area contributed by atoms with Gasteiger partial charge in [0.1, 0.15) is 0 Å². The van der Waals surface area contributed by atoms with Gasteiger partial charge >= 0.3 is 0 Å². The summed E-state index contributed by atoms with van der Waals surface area (Å²) in [5.74, 6) is 0.918. The minimum atomic E-state index is 0.335. The van der Waals surface area contributed by atoms with Gasteiger partial charge in [-0.3, -0.25) is 9.69 Å². The first-order valence-corrected chi connectivity index (χ1v) is 9.90. The number of amides is 1. The molecule has 1 amide bonds. The van der Waals surface area contributed by atoms with Gasteiger partial charge in [-0.2, -0.15) is 5.26 Å². The summed E-state index contributed by atoms with van der Waals surface area (Å²) in [5.41, 5.74) is 3.03. The first-order chi connectivity index (χ1) is 13.2. The third kappa shape index (κ3) is 4.06. The van der Waals surface area contributed by atoms with Crippen LogP contribution in [0.2, 0.25) is 0 Å². The summed E-state index contributed by atoms with van der Waals surface area (Å²) >= 11 is 0. The van der Waals surface area contributed by atoms with E-state index in [1.807, 2.05) is 24.3 Å². The molecule has 5 heteroatoms. The molecular weight excluding hydrogens is 336 g/mol. The maximum atomic E-state index is 11.9. The van der Waals surface area contributed by atoms with E-state index in [2.05, 4.69) is 38.8 Å². The van der Waals surface area contributed by atoms with E-state index in [0.29, 0.717) is 17.4 Å². The van der Waals surface area contributed by atoms with E-state index in [1.54, 1.807) is 0 Å². The summed E-state index contributed by atoms with van der Waals surface area (Å²) in [6.07, 6.45) is 6.25. The van der Waals surface area contributed by atoms with Crippen LogP contribution < -0.4 is 0 Å². The molecule has 0 radical (unpaired) electrons. The van der Waals surface area contributed by atoms with Crippen LogP contribution in [0.5, 0.6) is 0 Å². The van der Waals surface area contributed by atoms with E-state index in [0.717, 1.165) is 51.3 Å². The number of aromatic nitrogens is 1. The predicted octanol–water partition coefficient (Wildman–Crippen LogP) is 3.18. The van der Waals surface area contributed by atoms with E-state index in [4.69, 9.17) is 5.26 Å². The smallest absolute Gasteiger partial charge is 0.222 e.